The molecule has 5 heteroatoms. The number of hydrogen-bond acceptors (Lipinski definition) is 1. The molecule has 0 unspecified atom stereocenters. The summed E-state index contributed by atoms with van der Waals surface area (Å²) in [4.78, 5) is 0. The zero-order chi connectivity index (χ0) is 4.50. The molecule has 0 saturated heterocycles. The minimum absolute atomic E-state index is 0. The standard InChI is InChI=1S/C2H8NOP.2ClH/c1-5(2,3)4;;/h1-2H3,(H2,3,4);2*1H. The molecule has 0 aliphatic rings. The highest BCUT2D eigenvalue weighted by Gasteiger charge is 1.89. The molecule has 0 bridgehead atoms. The molecule has 0 fully saturated rings. The lowest BCUT2D eigenvalue weighted by Gasteiger charge is -1.87. The van der Waals surface area contributed by atoms with Crippen LogP contribution in [0.2, 0.25) is 0 Å². The number of halogens is 2. The third-order valence-electron chi connectivity index (χ3n) is 0. The maximum atomic E-state index is 9.99. The SMILES string of the molecule is CP(C)(N)=O.Cl.Cl. The Kier molecular flexibility index (Phi) is 11.0. The van der Waals surface area contributed by atoms with Crippen molar-refractivity contribution in [1.29, 1.82) is 0 Å². The summed E-state index contributed by atoms with van der Waals surface area (Å²) in [6, 6.07) is 0. The molecule has 0 saturated carbocycles. The first-order valence-electron chi connectivity index (χ1n) is 1.34. The zero-order valence-corrected chi connectivity index (χ0v) is 6.78. The lowest BCUT2D eigenvalue weighted by atomic mass is 11.9. The van der Waals surface area contributed by atoms with E-state index in [1.165, 1.54) is 13.3 Å². The summed E-state index contributed by atoms with van der Waals surface area (Å²) < 4.78 is 9.99. The molecule has 0 aromatic heterocycles. The maximum Gasteiger partial charge on any atom is 0.139 e. The molecule has 0 spiro atoms. The Morgan fingerprint density at radius 2 is 1.29 bits per heavy atom. The first-order chi connectivity index (χ1) is 2.00. The van der Waals surface area contributed by atoms with Crippen molar-refractivity contribution in [3.63, 3.8) is 0 Å². The third-order valence-corrected chi connectivity index (χ3v) is 0. The summed E-state index contributed by atoms with van der Waals surface area (Å²) in [5, 5.41) is 0. The fourth-order valence-electron chi connectivity index (χ4n) is 0. The first kappa shape index (κ1) is 15.7. The molecule has 48 valence electrons. The van der Waals surface area contributed by atoms with E-state index in [9.17, 15) is 4.57 Å². The van der Waals surface area contributed by atoms with Crippen molar-refractivity contribution in [3.8, 4) is 0 Å². The van der Waals surface area contributed by atoms with Gasteiger partial charge in [0.05, 0.1) is 0 Å². The minimum Gasteiger partial charge on any atom is -0.308 e. The second-order valence-corrected chi connectivity index (χ2v) is 4.30. The van der Waals surface area contributed by atoms with Gasteiger partial charge in [-0.3, -0.25) is 5.50 Å². The van der Waals surface area contributed by atoms with Crippen molar-refractivity contribution in [3.05, 3.63) is 0 Å². The van der Waals surface area contributed by atoms with Crippen molar-refractivity contribution < 1.29 is 4.57 Å². The number of nitrogens with two attached hydrogens (primary N) is 1. The highest BCUT2D eigenvalue weighted by molar-refractivity contribution is 7.59. The predicted molar refractivity (Wildman–Crippen MR) is 38.1 cm³/mol. The Hall–Kier alpha value is 0.770. The van der Waals surface area contributed by atoms with Gasteiger partial charge in [-0.05, 0) is 0 Å². The molecule has 7 heavy (non-hydrogen) atoms. The normalized spacial score (nSPS) is 8.43. The molecule has 0 aromatic rings. The van der Waals surface area contributed by atoms with Crippen molar-refractivity contribution in [2.75, 3.05) is 13.3 Å². The number of hydrogen-bond donors (Lipinski definition) is 1. The van der Waals surface area contributed by atoms with Crippen LogP contribution in [0.3, 0.4) is 0 Å². The van der Waals surface area contributed by atoms with E-state index in [0.717, 1.165) is 0 Å². The van der Waals surface area contributed by atoms with Crippen LogP contribution in [0.5, 0.6) is 0 Å². The summed E-state index contributed by atoms with van der Waals surface area (Å²) in [6.07, 6.45) is 0. The van der Waals surface area contributed by atoms with E-state index in [2.05, 4.69) is 0 Å². The minimum atomic E-state index is -2.14. The Morgan fingerprint density at radius 1 is 1.29 bits per heavy atom. The lowest BCUT2D eigenvalue weighted by Crippen LogP contribution is -1.85. The Morgan fingerprint density at radius 3 is 1.29 bits per heavy atom. The van der Waals surface area contributed by atoms with Gasteiger partial charge in [-0.15, -0.1) is 24.8 Å². The molecule has 0 aliphatic carbocycles. The average Bonchev–Trinajstić information content (AvgIpc) is 0.722. The van der Waals surface area contributed by atoms with Gasteiger partial charge in [-0.1, -0.05) is 0 Å². The van der Waals surface area contributed by atoms with E-state index >= 15 is 0 Å². The molecule has 0 atom stereocenters. The van der Waals surface area contributed by atoms with E-state index in [0.29, 0.717) is 0 Å². The molecule has 0 aromatic carbocycles. The maximum absolute atomic E-state index is 9.99. The third kappa shape index (κ3) is 260. The fraction of sp³-hybridized carbons (Fsp3) is 1.00. The van der Waals surface area contributed by atoms with Crippen LogP contribution in [0.4, 0.5) is 0 Å². The second-order valence-electron chi connectivity index (χ2n) is 1.43. The molecular weight excluding hydrogens is 156 g/mol. The largest absolute Gasteiger partial charge is 0.308 e. The first-order valence-corrected chi connectivity index (χ1v) is 4.01. The molecule has 0 amide bonds. The van der Waals surface area contributed by atoms with E-state index in [1.807, 2.05) is 0 Å². The van der Waals surface area contributed by atoms with Gasteiger partial charge in [0, 0.05) is 13.3 Å². The molecule has 0 aliphatic heterocycles. The summed E-state index contributed by atoms with van der Waals surface area (Å²) in [7, 11) is -2.14. The van der Waals surface area contributed by atoms with Crippen molar-refractivity contribution >= 4 is 32.1 Å². The summed E-state index contributed by atoms with van der Waals surface area (Å²) in [6.45, 7) is 3.04. The fourth-order valence-corrected chi connectivity index (χ4v) is 0. The molecule has 0 rings (SSSR count). The van der Waals surface area contributed by atoms with Crippen LogP contribution in [-0.2, 0) is 4.57 Å². The lowest BCUT2D eigenvalue weighted by molar-refractivity contribution is 0.583. The highest BCUT2D eigenvalue weighted by atomic mass is 35.5. The summed E-state index contributed by atoms with van der Waals surface area (Å²) in [5.74, 6) is 0. The van der Waals surface area contributed by atoms with Crippen LogP contribution in [0, 0.1) is 0 Å². The predicted octanol–water partition coefficient (Wildman–Crippen LogP) is 1.33. The van der Waals surface area contributed by atoms with Gasteiger partial charge < -0.3 is 4.57 Å². The monoisotopic (exact) mass is 165 g/mol. The topological polar surface area (TPSA) is 43.1 Å². The van der Waals surface area contributed by atoms with Crippen LogP contribution < -0.4 is 5.50 Å². The summed E-state index contributed by atoms with van der Waals surface area (Å²) >= 11 is 0. The molecule has 0 heterocycles. The average molecular weight is 166 g/mol. The Bertz CT molecular complexity index is 61.8. The van der Waals surface area contributed by atoms with E-state index < -0.39 is 7.29 Å². The van der Waals surface area contributed by atoms with E-state index in [-0.39, 0.29) is 24.8 Å². The van der Waals surface area contributed by atoms with E-state index in [4.69, 9.17) is 5.50 Å². The molecule has 2 N–H and O–H groups in total. The van der Waals surface area contributed by atoms with Gasteiger partial charge in [-0.25, -0.2) is 0 Å². The second kappa shape index (κ2) is 4.92. The van der Waals surface area contributed by atoms with Gasteiger partial charge in [0.15, 0.2) is 0 Å². The molecular formula is C2H10Cl2NOP. The van der Waals surface area contributed by atoms with Crippen LogP contribution in [0.1, 0.15) is 0 Å². The van der Waals surface area contributed by atoms with Gasteiger partial charge in [0.1, 0.15) is 7.29 Å². The Balaban J connectivity index is -0.0000000800. The van der Waals surface area contributed by atoms with Crippen LogP contribution in [0.25, 0.3) is 0 Å². The van der Waals surface area contributed by atoms with Crippen molar-refractivity contribution in [1.82, 2.24) is 0 Å². The van der Waals surface area contributed by atoms with Gasteiger partial charge in [0.2, 0.25) is 0 Å². The van der Waals surface area contributed by atoms with Gasteiger partial charge >= 0.3 is 0 Å². The van der Waals surface area contributed by atoms with E-state index in [1.54, 1.807) is 0 Å². The van der Waals surface area contributed by atoms with Gasteiger partial charge in [0.25, 0.3) is 0 Å². The van der Waals surface area contributed by atoms with Crippen LogP contribution in [-0.4, -0.2) is 13.3 Å². The molecule has 0 radical (unpaired) electrons. The smallest absolute Gasteiger partial charge is 0.139 e. The highest BCUT2D eigenvalue weighted by Crippen LogP contribution is 2.21. The Labute approximate surface area is 56.1 Å². The van der Waals surface area contributed by atoms with Crippen LogP contribution in [0.15, 0.2) is 0 Å². The molecule has 2 nitrogen and oxygen atoms in total. The summed E-state index contributed by atoms with van der Waals surface area (Å²) in [5.41, 5.74) is 4.91. The quantitative estimate of drug-likeness (QED) is 0.551. The van der Waals surface area contributed by atoms with Gasteiger partial charge in [-0.2, -0.15) is 0 Å². The number of rotatable bonds is 0. The van der Waals surface area contributed by atoms with Crippen LogP contribution >= 0.6 is 32.1 Å². The zero-order valence-electron chi connectivity index (χ0n) is 4.25. The van der Waals surface area contributed by atoms with Crippen molar-refractivity contribution in [2.45, 2.75) is 0 Å². The van der Waals surface area contributed by atoms with Crippen molar-refractivity contribution in [2.24, 2.45) is 5.50 Å².